The molecule has 4 rings (SSSR count). The van der Waals surface area contributed by atoms with Crippen molar-refractivity contribution in [2.45, 2.75) is 24.9 Å². The first-order chi connectivity index (χ1) is 8.36. The van der Waals surface area contributed by atoms with Gasteiger partial charge in [-0.15, -0.1) is 24.8 Å². The topological polar surface area (TPSA) is 61.0 Å². The van der Waals surface area contributed by atoms with Gasteiger partial charge in [-0.05, 0) is 24.7 Å². The predicted octanol–water partition coefficient (Wildman–Crippen LogP) is 1.08. The van der Waals surface area contributed by atoms with E-state index in [1.165, 1.54) is 12.8 Å². The van der Waals surface area contributed by atoms with Crippen molar-refractivity contribution in [2.75, 3.05) is 13.1 Å². The number of hydrogen-bond acceptors (Lipinski definition) is 3. The van der Waals surface area contributed by atoms with E-state index in [1.807, 2.05) is 0 Å². The molecule has 7 heteroatoms. The molecular weight excluding hydrogens is 287 g/mol. The van der Waals surface area contributed by atoms with Crippen molar-refractivity contribution in [2.24, 2.45) is 11.8 Å². The number of rotatable bonds is 1. The Labute approximate surface area is 124 Å². The van der Waals surface area contributed by atoms with Gasteiger partial charge in [-0.1, -0.05) is 0 Å². The van der Waals surface area contributed by atoms with Gasteiger partial charge in [-0.3, -0.25) is 4.79 Å². The first-order valence-electron chi connectivity index (χ1n) is 6.39. The molecule has 0 aromatic carbocycles. The summed E-state index contributed by atoms with van der Waals surface area (Å²) in [7, 11) is 0. The molecule has 3 fully saturated rings. The lowest BCUT2D eigenvalue weighted by molar-refractivity contribution is 0.0698. The molecule has 0 spiro atoms. The number of nitrogens with one attached hydrogen (secondary N) is 2. The molecule has 1 amide bonds. The number of halogens is 2. The van der Waals surface area contributed by atoms with Gasteiger partial charge in [0.2, 0.25) is 0 Å². The second-order valence-electron chi connectivity index (χ2n) is 5.35. The SMILES string of the molecule is Cl.Cl.O=C(c1ncc[nH]1)N1[C@@H]2CC[C@H]1[C@H]1CNC[C@H]12. The highest BCUT2D eigenvalue weighted by molar-refractivity contribution is 5.91. The van der Waals surface area contributed by atoms with Crippen molar-refractivity contribution in [3.05, 3.63) is 18.2 Å². The molecule has 2 bridgehead atoms. The molecule has 0 aliphatic carbocycles. The predicted molar refractivity (Wildman–Crippen MR) is 75.9 cm³/mol. The molecule has 1 aromatic heterocycles. The molecule has 0 unspecified atom stereocenters. The Kier molecular flexibility index (Phi) is 4.08. The summed E-state index contributed by atoms with van der Waals surface area (Å²) >= 11 is 0. The van der Waals surface area contributed by atoms with Crippen LogP contribution in [0.4, 0.5) is 0 Å². The first-order valence-corrected chi connectivity index (χ1v) is 6.39. The number of aromatic nitrogens is 2. The van der Waals surface area contributed by atoms with Gasteiger partial charge >= 0.3 is 0 Å². The maximum absolute atomic E-state index is 12.4. The number of fused-ring (bicyclic) bond motifs is 5. The largest absolute Gasteiger partial charge is 0.341 e. The molecule has 5 nitrogen and oxygen atoms in total. The van der Waals surface area contributed by atoms with Gasteiger partial charge in [0.25, 0.3) is 5.91 Å². The van der Waals surface area contributed by atoms with Crippen molar-refractivity contribution < 1.29 is 4.79 Å². The molecule has 0 saturated carbocycles. The van der Waals surface area contributed by atoms with Crippen LogP contribution in [0.1, 0.15) is 23.5 Å². The maximum atomic E-state index is 12.4. The molecule has 3 aliphatic rings. The van der Waals surface area contributed by atoms with Crippen LogP contribution in [0, 0.1) is 11.8 Å². The summed E-state index contributed by atoms with van der Waals surface area (Å²) < 4.78 is 0. The monoisotopic (exact) mass is 304 g/mol. The van der Waals surface area contributed by atoms with Crippen LogP contribution in [0.25, 0.3) is 0 Å². The second-order valence-corrected chi connectivity index (χ2v) is 5.35. The van der Waals surface area contributed by atoms with Crippen LogP contribution < -0.4 is 5.32 Å². The molecule has 4 heterocycles. The van der Waals surface area contributed by atoms with Gasteiger partial charge in [0.1, 0.15) is 0 Å². The lowest BCUT2D eigenvalue weighted by atomic mass is 9.82. The molecule has 3 aliphatic heterocycles. The number of hydrogen-bond donors (Lipinski definition) is 2. The van der Waals surface area contributed by atoms with Crippen molar-refractivity contribution in [1.82, 2.24) is 20.2 Å². The van der Waals surface area contributed by atoms with Gasteiger partial charge < -0.3 is 15.2 Å². The molecule has 2 N–H and O–H groups in total. The van der Waals surface area contributed by atoms with Crippen LogP contribution in [-0.2, 0) is 0 Å². The smallest absolute Gasteiger partial charge is 0.290 e. The van der Waals surface area contributed by atoms with Crippen LogP contribution in [0.15, 0.2) is 12.4 Å². The lowest BCUT2D eigenvalue weighted by Crippen LogP contribution is -2.39. The third-order valence-corrected chi connectivity index (χ3v) is 4.71. The Balaban J connectivity index is 0.000000667. The Bertz CT molecular complexity index is 435. The molecule has 0 radical (unpaired) electrons. The molecule has 106 valence electrons. The fourth-order valence-corrected chi connectivity index (χ4v) is 4.07. The van der Waals surface area contributed by atoms with E-state index in [1.54, 1.807) is 12.4 Å². The maximum Gasteiger partial charge on any atom is 0.290 e. The van der Waals surface area contributed by atoms with Crippen molar-refractivity contribution in [1.29, 1.82) is 0 Å². The molecule has 3 saturated heterocycles. The van der Waals surface area contributed by atoms with Crippen molar-refractivity contribution >= 4 is 30.7 Å². The average molecular weight is 305 g/mol. The summed E-state index contributed by atoms with van der Waals surface area (Å²) in [5.41, 5.74) is 0. The highest BCUT2D eigenvalue weighted by Crippen LogP contribution is 2.47. The van der Waals surface area contributed by atoms with E-state index in [4.69, 9.17) is 0 Å². The minimum Gasteiger partial charge on any atom is -0.341 e. The van der Waals surface area contributed by atoms with E-state index >= 15 is 0 Å². The van der Waals surface area contributed by atoms with E-state index in [0.717, 1.165) is 13.1 Å². The summed E-state index contributed by atoms with van der Waals surface area (Å²) in [6.45, 7) is 2.15. The fourth-order valence-electron chi connectivity index (χ4n) is 4.07. The molecular formula is C12H18Cl2N4O. The number of aromatic amines is 1. The van der Waals surface area contributed by atoms with Crippen LogP contribution in [0.2, 0.25) is 0 Å². The van der Waals surface area contributed by atoms with Gasteiger partial charge in [0.15, 0.2) is 5.82 Å². The highest BCUT2D eigenvalue weighted by atomic mass is 35.5. The van der Waals surface area contributed by atoms with Crippen molar-refractivity contribution in [3.8, 4) is 0 Å². The van der Waals surface area contributed by atoms with Crippen molar-refractivity contribution in [3.63, 3.8) is 0 Å². The zero-order valence-electron chi connectivity index (χ0n) is 10.4. The summed E-state index contributed by atoms with van der Waals surface area (Å²) in [6.07, 6.45) is 5.70. The minimum atomic E-state index is 0. The number of imidazole rings is 1. The third kappa shape index (κ3) is 1.95. The van der Waals surface area contributed by atoms with Gasteiger partial charge in [-0.25, -0.2) is 4.98 Å². The zero-order valence-corrected chi connectivity index (χ0v) is 12.0. The quantitative estimate of drug-likeness (QED) is 0.816. The Hall–Kier alpha value is -0.780. The zero-order chi connectivity index (χ0) is 11.4. The third-order valence-electron chi connectivity index (χ3n) is 4.71. The van der Waals surface area contributed by atoms with Crippen LogP contribution in [-0.4, -0.2) is 45.9 Å². The Morgan fingerprint density at radius 2 is 1.84 bits per heavy atom. The average Bonchev–Trinajstić information content (AvgIpc) is 3.11. The number of amides is 1. The molecule has 4 atom stereocenters. The number of carbonyl (C=O) groups excluding carboxylic acids is 1. The standard InChI is InChI=1S/C12H16N4O.2ClH/c17-12(11-14-3-4-15-11)16-9-1-2-10(16)8-6-13-5-7(8)9;;/h3-4,7-10,13H,1-2,5-6H2,(H,14,15);2*1H/t7-,8+,9-,10+;;. The number of carbonyl (C=O) groups is 1. The number of nitrogens with zero attached hydrogens (tertiary/aromatic N) is 2. The van der Waals surface area contributed by atoms with E-state index in [2.05, 4.69) is 20.2 Å². The summed E-state index contributed by atoms with van der Waals surface area (Å²) in [5.74, 6) is 1.94. The van der Waals surface area contributed by atoms with Crippen LogP contribution in [0.5, 0.6) is 0 Å². The van der Waals surface area contributed by atoms with Crippen LogP contribution in [0.3, 0.4) is 0 Å². The van der Waals surface area contributed by atoms with Gasteiger partial charge in [-0.2, -0.15) is 0 Å². The van der Waals surface area contributed by atoms with Gasteiger partial charge in [0.05, 0.1) is 0 Å². The minimum absolute atomic E-state index is 0. The lowest BCUT2D eigenvalue weighted by Gasteiger charge is -2.23. The van der Waals surface area contributed by atoms with Gasteiger partial charge in [0, 0.05) is 37.6 Å². The molecule has 1 aromatic rings. The van der Waals surface area contributed by atoms with Crippen LogP contribution >= 0.6 is 24.8 Å². The fraction of sp³-hybridized carbons (Fsp3) is 0.667. The molecule has 19 heavy (non-hydrogen) atoms. The highest BCUT2D eigenvalue weighted by Gasteiger charge is 2.56. The van der Waals surface area contributed by atoms with E-state index < -0.39 is 0 Å². The summed E-state index contributed by atoms with van der Waals surface area (Å²) in [4.78, 5) is 21.5. The Morgan fingerprint density at radius 1 is 1.21 bits per heavy atom. The normalized spacial score (nSPS) is 34.6. The van der Waals surface area contributed by atoms with E-state index in [9.17, 15) is 4.79 Å². The second kappa shape index (κ2) is 5.31. The summed E-state index contributed by atoms with van der Waals surface area (Å²) in [5, 5.41) is 3.46. The number of H-pyrrole nitrogens is 1. The first kappa shape index (κ1) is 14.6. The van der Waals surface area contributed by atoms with E-state index in [0.29, 0.717) is 29.7 Å². The van der Waals surface area contributed by atoms with E-state index in [-0.39, 0.29) is 30.7 Å². The summed E-state index contributed by atoms with van der Waals surface area (Å²) in [6, 6.07) is 0.884. The Morgan fingerprint density at radius 3 is 2.37 bits per heavy atom.